The average molecular weight is 554 g/mol. The highest BCUT2D eigenvalue weighted by Gasteiger charge is 2.21. The lowest BCUT2D eigenvalue weighted by molar-refractivity contribution is 0.0951. The highest BCUT2D eigenvalue weighted by atomic mass is 16.3. The van der Waals surface area contributed by atoms with Crippen molar-refractivity contribution in [2.24, 2.45) is 5.92 Å². The topological polar surface area (TPSA) is 117 Å². The van der Waals surface area contributed by atoms with Crippen molar-refractivity contribution in [3.8, 4) is 17.1 Å². The molecule has 1 aliphatic carbocycles. The quantitative estimate of drug-likeness (QED) is 0.173. The van der Waals surface area contributed by atoms with Gasteiger partial charge in [0.05, 0.1) is 6.10 Å². The number of nitrogens with zero attached hydrogens (tertiary/aromatic N) is 4. The van der Waals surface area contributed by atoms with Crippen molar-refractivity contribution in [1.82, 2.24) is 24.8 Å². The molecular weight excluding hydrogens is 514 g/mol. The van der Waals surface area contributed by atoms with Crippen molar-refractivity contribution < 1.29 is 9.90 Å². The smallest absolute Gasteiger partial charge is 0.256 e. The van der Waals surface area contributed by atoms with Crippen LogP contribution in [0.2, 0.25) is 0 Å². The second-order valence-corrected chi connectivity index (χ2v) is 10.6. The predicted molar refractivity (Wildman–Crippen MR) is 162 cm³/mol. The number of nitrogens with one attached hydrogen (secondary N) is 3. The van der Waals surface area contributed by atoms with Gasteiger partial charge in [-0.15, -0.1) is 0 Å². The molecule has 0 saturated heterocycles. The number of anilines is 2. The van der Waals surface area contributed by atoms with Gasteiger partial charge in [0.25, 0.3) is 5.91 Å². The van der Waals surface area contributed by atoms with Gasteiger partial charge in [0.2, 0.25) is 5.95 Å². The standard InChI is InChI=1S/C32H39N7O2/c1-2-3-17-34-32-37-22-28(29(38-32)35-20-24-11-15-27(40)16-12-24)31(41)36-21-23-9-13-26(14-10-23)39-19-18-33-30(39)25-7-5-4-6-8-25/h4-10,13-14,18-19,22,24,27,40H,2-3,11-12,15-17,20-21H2,1H3,(H,36,41)(H2,34,35,37,38). The van der Waals surface area contributed by atoms with Crippen LogP contribution in [0.15, 0.2) is 73.2 Å². The first kappa shape index (κ1) is 28.3. The number of aromatic nitrogens is 4. The molecule has 0 atom stereocenters. The number of rotatable bonds is 12. The van der Waals surface area contributed by atoms with Gasteiger partial charge < -0.3 is 21.1 Å². The summed E-state index contributed by atoms with van der Waals surface area (Å²) in [6.07, 6.45) is 10.8. The van der Waals surface area contributed by atoms with Gasteiger partial charge in [0, 0.05) is 49.5 Å². The lowest BCUT2D eigenvalue weighted by Crippen LogP contribution is -2.27. The summed E-state index contributed by atoms with van der Waals surface area (Å²) in [6, 6.07) is 18.2. The molecule has 41 heavy (non-hydrogen) atoms. The highest BCUT2D eigenvalue weighted by Crippen LogP contribution is 2.25. The van der Waals surface area contributed by atoms with Crippen LogP contribution in [0.4, 0.5) is 11.8 Å². The van der Waals surface area contributed by atoms with Gasteiger partial charge in [-0.05, 0) is 55.7 Å². The Labute approximate surface area is 241 Å². The molecule has 0 aliphatic heterocycles. The zero-order chi connectivity index (χ0) is 28.4. The maximum absolute atomic E-state index is 13.3. The minimum absolute atomic E-state index is 0.194. The van der Waals surface area contributed by atoms with Gasteiger partial charge in [-0.2, -0.15) is 4.98 Å². The van der Waals surface area contributed by atoms with E-state index in [2.05, 4.69) is 42.4 Å². The van der Waals surface area contributed by atoms with Crippen molar-refractivity contribution in [3.05, 3.63) is 84.3 Å². The highest BCUT2D eigenvalue weighted by molar-refractivity contribution is 5.98. The summed E-state index contributed by atoms with van der Waals surface area (Å²) in [6.45, 7) is 4.01. The third-order valence-electron chi connectivity index (χ3n) is 7.56. The number of aliphatic hydroxyl groups excluding tert-OH is 1. The second-order valence-electron chi connectivity index (χ2n) is 10.6. The molecule has 1 aliphatic rings. The number of unbranched alkanes of at least 4 members (excludes halogenated alkanes) is 1. The SMILES string of the molecule is CCCCNc1ncc(C(=O)NCc2ccc(-n3ccnc3-c3ccccc3)cc2)c(NCC2CCC(O)CC2)n1. The van der Waals surface area contributed by atoms with Gasteiger partial charge in [-0.1, -0.05) is 55.8 Å². The lowest BCUT2D eigenvalue weighted by atomic mass is 9.87. The number of carbonyl (C=O) groups excluding carboxylic acids is 1. The summed E-state index contributed by atoms with van der Waals surface area (Å²) in [5.41, 5.74) is 3.45. The van der Waals surface area contributed by atoms with Gasteiger partial charge in [-0.25, -0.2) is 9.97 Å². The molecule has 1 fully saturated rings. The molecule has 1 saturated carbocycles. The summed E-state index contributed by atoms with van der Waals surface area (Å²) in [7, 11) is 0. The zero-order valence-corrected chi connectivity index (χ0v) is 23.6. The summed E-state index contributed by atoms with van der Waals surface area (Å²) in [5.74, 6) is 2.14. The molecule has 4 N–H and O–H groups in total. The fourth-order valence-electron chi connectivity index (χ4n) is 5.10. The molecule has 2 aromatic heterocycles. The molecule has 9 heteroatoms. The first-order chi connectivity index (χ1) is 20.1. The van der Waals surface area contributed by atoms with Gasteiger partial charge in [0.15, 0.2) is 0 Å². The van der Waals surface area contributed by atoms with E-state index < -0.39 is 0 Å². The molecule has 2 aromatic carbocycles. The lowest BCUT2D eigenvalue weighted by Gasteiger charge is -2.26. The molecule has 1 amide bonds. The Morgan fingerprint density at radius 1 is 1.00 bits per heavy atom. The number of hydrogen-bond donors (Lipinski definition) is 4. The van der Waals surface area contributed by atoms with Gasteiger partial charge in [-0.3, -0.25) is 9.36 Å². The van der Waals surface area contributed by atoms with E-state index in [1.165, 1.54) is 0 Å². The Bertz CT molecular complexity index is 1400. The Hall–Kier alpha value is -4.24. The Kier molecular flexibility index (Phi) is 9.59. The number of amides is 1. The van der Waals surface area contributed by atoms with Crippen LogP contribution in [0.3, 0.4) is 0 Å². The molecule has 0 unspecified atom stereocenters. The van der Waals surface area contributed by atoms with Crippen LogP contribution in [-0.4, -0.2) is 49.7 Å². The zero-order valence-electron chi connectivity index (χ0n) is 23.6. The summed E-state index contributed by atoms with van der Waals surface area (Å²) < 4.78 is 2.05. The normalized spacial score (nSPS) is 16.7. The molecular formula is C32H39N7O2. The molecule has 0 spiro atoms. The predicted octanol–water partition coefficient (Wildman–Crippen LogP) is 5.43. The van der Waals surface area contributed by atoms with Crippen LogP contribution >= 0.6 is 0 Å². The van der Waals surface area contributed by atoms with E-state index in [0.29, 0.717) is 36.3 Å². The maximum atomic E-state index is 13.3. The molecule has 214 valence electrons. The second kappa shape index (κ2) is 13.9. The van der Waals surface area contributed by atoms with E-state index in [0.717, 1.165) is 67.7 Å². The van der Waals surface area contributed by atoms with Crippen LogP contribution in [-0.2, 0) is 6.54 Å². The average Bonchev–Trinajstić information content (AvgIpc) is 3.51. The Morgan fingerprint density at radius 2 is 1.78 bits per heavy atom. The van der Waals surface area contributed by atoms with E-state index in [9.17, 15) is 9.90 Å². The summed E-state index contributed by atoms with van der Waals surface area (Å²) in [5, 5.41) is 19.5. The van der Waals surface area contributed by atoms with E-state index in [4.69, 9.17) is 0 Å². The van der Waals surface area contributed by atoms with Crippen LogP contribution in [0.25, 0.3) is 17.1 Å². The van der Waals surface area contributed by atoms with E-state index in [-0.39, 0.29) is 12.0 Å². The van der Waals surface area contributed by atoms with Crippen molar-refractivity contribution in [2.45, 2.75) is 58.1 Å². The van der Waals surface area contributed by atoms with Crippen molar-refractivity contribution in [1.29, 1.82) is 0 Å². The Balaban J connectivity index is 1.24. The van der Waals surface area contributed by atoms with Gasteiger partial charge in [0.1, 0.15) is 17.2 Å². The third kappa shape index (κ3) is 7.49. The molecule has 5 rings (SSSR count). The van der Waals surface area contributed by atoms with Crippen molar-refractivity contribution >= 4 is 17.7 Å². The van der Waals surface area contributed by atoms with Crippen molar-refractivity contribution in [3.63, 3.8) is 0 Å². The third-order valence-corrected chi connectivity index (χ3v) is 7.56. The summed E-state index contributed by atoms with van der Waals surface area (Å²) in [4.78, 5) is 26.8. The number of benzene rings is 2. The number of aliphatic hydroxyl groups is 1. The Morgan fingerprint density at radius 3 is 2.54 bits per heavy atom. The van der Waals surface area contributed by atoms with Crippen LogP contribution in [0.1, 0.15) is 61.4 Å². The van der Waals surface area contributed by atoms with E-state index in [1.807, 2.05) is 60.8 Å². The van der Waals surface area contributed by atoms with Crippen LogP contribution in [0.5, 0.6) is 0 Å². The summed E-state index contributed by atoms with van der Waals surface area (Å²) >= 11 is 0. The van der Waals surface area contributed by atoms with Gasteiger partial charge >= 0.3 is 0 Å². The molecule has 0 bridgehead atoms. The fourth-order valence-corrected chi connectivity index (χ4v) is 5.10. The molecule has 9 nitrogen and oxygen atoms in total. The van der Waals surface area contributed by atoms with E-state index in [1.54, 1.807) is 12.4 Å². The fraction of sp³-hybridized carbons (Fsp3) is 0.375. The first-order valence-electron chi connectivity index (χ1n) is 14.6. The largest absolute Gasteiger partial charge is 0.393 e. The minimum atomic E-state index is -0.225. The van der Waals surface area contributed by atoms with E-state index >= 15 is 0 Å². The number of hydrogen-bond acceptors (Lipinski definition) is 7. The molecule has 4 aromatic rings. The maximum Gasteiger partial charge on any atom is 0.256 e. The first-order valence-corrected chi connectivity index (χ1v) is 14.6. The molecule has 2 heterocycles. The number of carbonyl (C=O) groups is 1. The van der Waals surface area contributed by atoms with Crippen LogP contribution in [0, 0.1) is 5.92 Å². The number of imidazole rings is 1. The monoisotopic (exact) mass is 553 g/mol. The molecule has 0 radical (unpaired) electrons. The van der Waals surface area contributed by atoms with Crippen molar-refractivity contribution in [2.75, 3.05) is 23.7 Å². The minimum Gasteiger partial charge on any atom is -0.393 e. The van der Waals surface area contributed by atoms with Crippen LogP contribution < -0.4 is 16.0 Å².